The van der Waals surface area contributed by atoms with Crippen molar-refractivity contribution in [2.24, 2.45) is 0 Å². The molecule has 2 rings (SSSR count). The van der Waals surface area contributed by atoms with Crippen LogP contribution in [0.4, 0.5) is 17.6 Å². The topological polar surface area (TPSA) is 42.0 Å². The van der Waals surface area contributed by atoms with E-state index in [1.807, 2.05) is 0 Å². The Hall–Kier alpha value is -2.09. The molecule has 1 aromatic heterocycles. The molecule has 8 heteroatoms. The second-order valence-electron chi connectivity index (χ2n) is 4.83. The summed E-state index contributed by atoms with van der Waals surface area (Å²) in [7, 11) is 0. The fourth-order valence-corrected chi connectivity index (χ4v) is 2.68. The van der Waals surface area contributed by atoms with E-state index in [0.29, 0.717) is 23.6 Å². The molecule has 1 N–H and O–H groups in total. The number of benzene rings is 1. The molecule has 0 saturated carbocycles. The van der Waals surface area contributed by atoms with Crippen LogP contribution in [0.1, 0.15) is 21.6 Å². The maximum Gasteiger partial charge on any atom is 0.433 e. The third kappa shape index (κ3) is 5.23. The summed E-state index contributed by atoms with van der Waals surface area (Å²) in [5.74, 6) is 0.256. The highest BCUT2D eigenvalue weighted by molar-refractivity contribution is 7.98. The van der Waals surface area contributed by atoms with E-state index in [0.717, 1.165) is 18.3 Å². The van der Waals surface area contributed by atoms with Crippen LogP contribution in [0, 0.1) is 5.82 Å². The molecule has 2 aromatic rings. The van der Waals surface area contributed by atoms with Crippen molar-refractivity contribution >= 4 is 17.7 Å². The first kappa shape index (κ1) is 18.3. The molecule has 3 nitrogen and oxygen atoms in total. The molecular weight excluding hydrogens is 344 g/mol. The lowest BCUT2D eigenvalue weighted by atomic mass is 10.2. The van der Waals surface area contributed by atoms with E-state index in [9.17, 15) is 22.4 Å². The van der Waals surface area contributed by atoms with Crippen LogP contribution in [-0.2, 0) is 11.9 Å². The fraction of sp³-hybridized carbons (Fsp3) is 0.250. The SMILES string of the molecule is O=C(NCCSCc1ccccc1F)c1ccc(C(F)(F)F)nc1. The van der Waals surface area contributed by atoms with Crippen LogP contribution >= 0.6 is 11.8 Å². The number of thioether (sulfide) groups is 1. The second kappa shape index (κ2) is 8.14. The normalized spacial score (nSPS) is 11.3. The van der Waals surface area contributed by atoms with E-state index in [2.05, 4.69) is 10.3 Å². The van der Waals surface area contributed by atoms with Gasteiger partial charge in [0, 0.05) is 24.2 Å². The van der Waals surface area contributed by atoms with Gasteiger partial charge in [0.2, 0.25) is 0 Å². The van der Waals surface area contributed by atoms with Crippen molar-refractivity contribution in [1.29, 1.82) is 0 Å². The lowest BCUT2D eigenvalue weighted by molar-refractivity contribution is -0.141. The van der Waals surface area contributed by atoms with Gasteiger partial charge in [-0.3, -0.25) is 9.78 Å². The molecule has 0 radical (unpaired) electrons. The number of carbonyl (C=O) groups is 1. The summed E-state index contributed by atoms with van der Waals surface area (Å²) < 4.78 is 50.5. The first-order valence-corrected chi connectivity index (χ1v) is 8.16. The van der Waals surface area contributed by atoms with Crippen molar-refractivity contribution in [3.05, 3.63) is 65.2 Å². The van der Waals surface area contributed by atoms with Gasteiger partial charge >= 0.3 is 6.18 Å². The molecule has 1 amide bonds. The Morgan fingerprint density at radius 3 is 2.54 bits per heavy atom. The van der Waals surface area contributed by atoms with E-state index in [1.165, 1.54) is 17.8 Å². The Labute approximate surface area is 140 Å². The van der Waals surface area contributed by atoms with E-state index >= 15 is 0 Å². The Morgan fingerprint density at radius 1 is 1.17 bits per heavy atom. The number of nitrogens with zero attached hydrogens (tertiary/aromatic N) is 1. The van der Waals surface area contributed by atoms with Crippen LogP contribution in [0.3, 0.4) is 0 Å². The van der Waals surface area contributed by atoms with Gasteiger partial charge in [-0.25, -0.2) is 4.39 Å². The number of nitrogens with one attached hydrogen (secondary N) is 1. The Balaban J connectivity index is 1.74. The van der Waals surface area contributed by atoms with Crippen LogP contribution in [0.2, 0.25) is 0 Å². The molecule has 128 valence electrons. The quantitative estimate of drug-likeness (QED) is 0.629. The van der Waals surface area contributed by atoms with Crippen LogP contribution < -0.4 is 5.32 Å². The van der Waals surface area contributed by atoms with Gasteiger partial charge in [0.1, 0.15) is 11.5 Å². The smallest absolute Gasteiger partial charge is 0.351 e. The predicted molar refractivity (Wildman–Crippen MR) is 84.1 cm³/mol. The lowest BCUT2D eigenvalue weighted by Crippen LogP contribution is -2.26. The van der Waals surface area contributed by atoms with Gasteiger partial charge in [-0.2, -0.15) is 24.9 Å². The molecular formula is C16H14F4N2OS. The highest BCUT2D eigenvalue weighted by Gasteiger charge is 2.32. The minimum absolute atomic E-state index is 0.0575. The molecule has 0 fully saturated rings. The molecule has 1 heterocycles. The third-order valence-corrected chi connectivity index (χ3v) is 4.07. The largest absolute Gasteiger partial charge is 0.433 e. The highest BCUT2D eigenvalue weighted by atomic mass is 32.2. The highest BCUT2D eigenvalue weighted by Crippen LogP contribution is 2.27. The van der Waals surface area contributed by atoms with Crippen molar-refractivity contribution in [2.45, 2.75) is 11.9 Å². The van der Waals surface area contributed by atoms with Crippen molar-refractivity contribution in [2.75, 3.05) is 12.3 Å². The summed E-state index contributed by atoms with van der Waals surface area (Å²) in [6.45, 7) is 0.318. The summed E-state index contributed by atoms with van der Waals surface area (Å²) in [5, 5.41) is 2.58. The first-order valence-electron chi connectivity index (χ1n) is 7.00. The maximum absolute atomic E-state index is 13.4. The summed E-state index contributed by atoms with van der Waals surface area (Å²) in [6, 6.07) is 8.28. The number of pyridine rings is 1. The van der Waals surface area contributed by atoms with Gasteiger partial charge in [0.15, 0.2) is 0 Å². The fourth-order valence-electron chi connectivity index (χ4n) is 1.83. The molecule has 0 bridgehead atoms. The molecule has 0 atom stereocenters. The molecule has 0 spiro atoms. The third-order valence-electron chi connectivity index (χ3n) is 3.06. The van der Waals surface area contributed by atoms with Crippen LogP contribution in [0.5, 0.6) is 0 Å². The standard InChI is InChI=1S/C16H14F4N2OS/c17-13-4-2-1-3-12(13)10-24-8-7-21-15(23)11-5-6-14(22-9-11)16(18,19)20/h1-6,9H,7-8,10H2,(H,21,23). The van der Waals surface area contributed by atoms with Crippen molar-refractivity contribution in [3.63, 3.8) is 0 Å². The lowest BCUT2D eigenvalue weighted by Gasteiger charge is -2.08. The first-order chi connectivity index (χ1) is 11.4. The molecule has 0 saturated heterocycles. The van der Waals surface area contributed by atoms with Gasteiger partial charge in [-0.05, 0) is 23.8 Å². The van der Waals surface area contributed by atoms with Gasteiger partial charge in [-0.15, -0.1) is 0 Å². The summed E-state index contributed by atoms with van der Waals surface area (Å²) in [6.07, 6.45) is -3.64. The van der Waals surface area contributed by atoms with Crippen LogP contribution in [0.15, 0.2) is 42.6 Å². The number of hydrogen-bond acceptors (Lipinski definition) is 3. The molecule has 24 heavy (non-hydrogen) atoms. The zero-order valence-electron chi connectivity index (χ0n) is 12.4. The average Bonchev–Trinajstić information content (AvgIpc) is 2.55. The van der Waals surface area contributed by atoms with Gasteiger partial charge in [0.05, 0.1) is 5.56 Å². The van der Waals surface area contributed by atoms with Gasteiger partial charge in [-0.1, -0.05) is 18.2 Å². The molecule has 1 aromatic carbocycles. The number of aromatic nitrogens is 1. The zero-order chi connectivity index (χ0) is 17.6. The minimum Gasteiger partial charge on any atom is -0.351 e. The number of carbonyl (C=O) groups excluding carboxylic acids is 1. The maximum atomic E-state index is 13.4. The minimum atomic E-state index is -4.53. The molecule has 0 unspecified atom stereocenters. The van der Waals surface area contributed by atoms with E-state index in [4.69, 9.17) is 0 Å². The molecule has 0 aliphatic heterocycles. The van der Waals surface area contributed by atoms with Crippen LogP contribution in [-0.4, -0.2) is 23.2 Å². The Bertz CT molecular complexity index is 689. The number of rotatable bonds is 6. The van der Waals surface area contributed by atoms with Gasteiger partial charge < -0.3 is 5.32 Å². The van der Waals surface area contributed by atoms with Crippen molar-refractivity contribution in [3.8, 4) is 0 Å². The predicted octanol–water partition coefficient (Wildman–Crippen LogP) is 3.90. The molecule has 0 aliphatic rings. The Morgan fingerprint density at radius 2 is 1.92 bits per heavy atom. The molecule has 0 aliphatic carbocycles. The van der Waals surface area contributed by atoms with Crippen LogP contribution in [0.25, 0.3) is 0 Å². The van der Waals surface area contributed by atoms with E-state index in [1.54, 1.807) is 18.2 Å². The number of halogens is 4. The Kier molecular flexibility index (Phi) is 6.19. The second-order valence-corrected chi connectivity index (χ2v) is 5.93. The summed E-state index contributed by atoms with van der Waals surface area (Å²) in [5.41, 5.74) is -0.401. The monoisotopic (exact) mass is 358 g/mol. The summed E-state index contributed by atoms with van der Waals surface area (Å²) in [4.78, 5) is 15.0. The zero-order valence-corrected chi connectivity index (χ0v) is 13.3. The number of amides is 1. The number of hydrogen-bond donors (Lipinski definition) is 1. The van der Waals surface area contributed by atoms with Crippen molar-refractivity contribution in [1.82, 2.24) is 10.3 Å². The average molecular weight is 358 g/mol. The number of alkyl halides is 3. The van der Waals surface area contributed by atoms with E-state index in [-0.39, 0.29) is 11.4 Å². The summed E-state index contributed by atoms with van der Waals surface area (Å²) >= 11 is 1.44. The van der Waals surface area contributed by atoms with E-state index < -0.39 is 17.8 Å². The van der Waals surface area contributed by atoms with Crippen molar-refractivity contribution < 1.29 is 22.4 Å². The van der Waals surface area contributed by atoms with Gasteiger partial charge in [0.25, 0.3) is 5.91 Å².